The monoisotopic (exact) mass is 739 g/mol. The number of hydrogen-bond acceptors (Lipinski definition) is 18. The number of benzene rings is 4. The summed E-state index contributed by atoms with van der Waals surface area (Å²) in [5.41, 5.74) is 19.0. The molecule has 0 fully saturated rings. The van der Waals surface area contributed by atoms with Gasteiger partial charge in [0.2, 0.25) is 0 Å². The molecular formula is C24H18N10Na3O10S2. The van der Waals surface area contributed by atoms with Gasteiger partial charge in [-0.3, -0.25) is 20.2 Å². The Hall–Kier alpha value is -3.10. The second kappa shape index (κ2) is 17.2. The molecule has 0 heterocycles. The van der Waals surface area contributed by atoms with E-state index >= 15 is 0 Å². The van der Waals surface area contributed by atoms with Crippen molar-refractivity contribution in [3.05, 3.63) is 80.9 Å². The van der Waals surface area contributed by atoms with Gasteiger partial charge in [0.15, 0.2) is 0 Å². The summed E-state index contributed by atoms with van der Waals surface area (Å²) in [6, 6.07) is 10.0. The minimum Gasteiger partial charge on any atom is -0.744 e. The zero-order valence-corrected chi connectivity index (χ0v) is 33.3. The molecule has 0 aliphatic heterocycles. The number of rotatable bonds is 9. The third-order valence-electron chi connectivity index (χ3n) is 6.07. The van der Waals surface area contributed by atoms with E-state index in [0.717, 1.165) is 48.5 Å². The molecule has 0 aliphatic carbocycles. The number of hydrogen-bond donors (Lipinski definition) is 4. The maximum atomic E-state index is 12.1. The molecule has 1 radical (unpaired) electrons. The van der Waals surface area contributed by atoms with Gasteiger partial charge >= 0.3 is 59.1 Å². The van der Waals surface area contributed by atoms with Gasteiger partial charge in [0.1, 0.15) is 54.4 Å². The molecule has 20 nitrogen and oxygen atoms in total. The third kappa shape index (κ3) is 10.5. The molecule has 0 aliphatic rings. The number of nitrogens with zero attached hydrogens (tertiary/aromatic N) is 6. The van der Waals surface area contributed by atoms with Crippen molar-refractivity contribution in [2.24, 2.45) is 20.5 Å². The SMILES string of the molecule is Nc1cc(N)c([N+](=O)[O-])cc1N=Nc1ccc(-c2ccc(N=Nc3cc([N+](=O)[O-])c(N)cc3N)c(S(=O)(=O)[O-])c2)cc1S(=O)(=O)[O-].[Na+].[Na+].[Na]. The van der Waals surface area contributed by atoms with Crippen molar-refractivity contribution in [3.8, 4) is 11.1 Å². The summed E-state index contributed by atoms with van der Waals surface area (Å²) in [7, 11) is -10.5. The number of azo groups is 2. The number of nitro groups is 2. The van der Waals surface area contributed by atoms with Crippen LogP contribution in [0.1, 0.15) is 0 Å². The van der Waals surface area contributed by atoms with Crippen LogP contribution in [0.3, 0.4) is 0 Å². The smallest absolute Gasteiger partial charge is 0.744 e. The quantitative estimate of drug-likeness (QED) is 0.0352. The van der Waals surface area contributed by atoms with E-state index in [1.165, 1.54) is 12.1 Å². The normalized spacial score (nSPS) is 11.4. The second-order valence-electron chi connectivity index (χ2n) is 9.13. The molecular weight excluding hydrogens is 721 g/mol. The zero-order valence-electron chi connectivity index (χ0n) is 25.7. The summed E-state index contributed by atoms with van der Waals surface area (Å²) in [4.78, 5) is 18.9. The molecule has 0 saturated heterocycles. The van der Waals surface area contributed by atoms with Crippen molar-refractivity contribution < 1.29 is 94.9 Å². The van der Waals surface area contributed by atoms with E-state index in [2.05, 4.69) is 20.5 Å². The molecule has 4 aromatic carbocycles. The first kappa shape index (κ1) is 43.9. The Morgan fingerprint density at radius 1 is 0.510 bits per heavy atom. The zero-order chi connectivity index (χ0) is 34.1. The van der Waals surface area contributed by atoms with Crippen LogP contribution in [-0.4, -0.2) is 65.3 Å². The summed E-state index contributed by atoms with van der Waals surface area (Å²) in [5.74, 6) is 0. The van der Waals surface area contributed by atoms with Crippen LogP contribution in [0.5, 0.6) is 0 Å². The van der Waals surface area contributed by atoms with E-state index in [9.17, 15) is 46.2 Å². The fourth-order valence-electron chi connectivity index (χ4n) is 3.88. The molecule has 0 saturated carbocycles. The summed E-state index contributed by atoms with van der Waals surface area (Å²) in [6.07, 6.45) is 0. The van der Waals surface area contributed by atoms with Crippen LogP contribution in [0, 0.1) is 20.2 Å². The average molecular weight is 740 g/mol. The van der Waals surface area contributed by atoms with Crippen LogP contribution >= 0.6 is 0 Å². The minimum absolute atomic E-state index is 0. The van der Waals surface area contributed by atoms with Gasteiger partial charge in [-0.25, -0.2) is 16.8 Å². The largest absolute Gasteiger partial charge is 1.00 e. The Labute approximate surface area is 343 Å². The first-order chi connectivity index (χ1) is 21.4. The molecule has 0 aromatic heterocycles. The minimum atomic E-state index is -5.26. The maximum absolute atomic E-state index is 12.1. The van der Waals surface area contributed by atoms with E-state index in [4.69, 9.17) is 22.9 Å². The van der Waals surface area contributed by atoms with Crippen molar-refractivity contribution in [2.45, 2.75) is 9.79 Å². The van der Waals surface area contributed by atoms with Crippen molar-refractivity contribution in [1.82, 2.24) is 0 Å². The van der Waals surface area contributed by atoms with E-state index in [-0.39, 0.29) is 134 Å². The second-order valence-corrected chi connectivity index (χ2v) is 11.8. The van der Waals surface area contributed by atoms with Crippen LogP contribution < -0.4 is 82.0 Å². The Bertz CT molecular complexity index is 2080. The third-order valence-corrected chi connectivity index (χ3v) is 7.80. The van der Waals surface area contributed by atoms with Crippen molar-refractivity contribution in [2.75, 3.05) is 22.9 Å². The van der Waals surface area contributed by atoms with E-state index in [0.29, 0.717) is 0 Å². The fraction of sp³-hybridized carbons (Fsp3) is 0. The van der Waals surface area contributed by atoms with Crippen molar-refractivity contribution in [1.29, 1.82) is 0 Å². The predicted octanol–water partition coefficient (Wildman–Crippen LogP) is -2.23. The number of nitrogen functional groups attached to an aromatic ring is 4. The Morgan fingerprint density at radius 3 is 1.10 bits per heavy atom. The average Bonchev–Trinajstić information content (AvgIpc) is 2.95. The molecule has 0 amide bonds. The number of nitro benzene ring substituents is 2. The van der Waals surface area contributed by atoms with Crippen LogP contribution in [0.4, 0.5) is 56.9 Å². The molecule has 239 valence electrons. The van der Waals surface area contributed by atoms with Gasteiger partial charge in [-0.2, -0.15) is 0 Å². The van der Waals surface area contributed by atoms with Gasteiger partial charge in [0.05, 0.1) is 31.0 Å². The summed E-state index contributed by atoms with van der Waals surface area (Å²) in [6.45, 7) is 0. The van der Waals surface area contributed by atoms with Crippen LogP contribution in [-0.2, 0) is 20.2 Å². The molecule has 0 spiro atoms. The van der Waals surface area contributed by atoms with Gasteiger partial charge in [0, 0.05) is 41.7 Å². The summed E-state index contributed by atoms with van der Waals surface area (Å²) < 4.78 is 72.6. The van der Waals surface area contributed by atoms with E-state index < -0.39 is 62.6 Å². The molecule has 4 aromatic rings. The van der Waals surface area contributed by atoms with Gasteiger partial charge in [-0.15, -0.1) is 20.5 Å². The molecule has 25 heteroatoms. The van der Waals surface area contributed by atoms with Crippen molar-refractivity contribution >= 4 is 107 Å². The molecule has 0 unspecified atom stereocenters. The van der Waals surface area contributed by atoms with Gasteiger partial charge in [-0.05, 0) is 47.5 Å². The topological polar surface area (TPSA) is 354 Å². The van der Waals surface area contributed by atoms with Crippen LogP contribution in [0.25, 0.3) is 11.1 Å². The van der Waals surface area contributed by atoms with Gasteiger partial charge in [-0.1, -0.05) is 12.1 Å². The molecule has 0 atom stereocenters. The van der Waals surface area contributed by atoms with Gasteiger partial charge < -0.3 is 32.0 Å². The Kier molecular flexibility index (Phi) is 15.4. The van der Waals surface area contributed by atoms with Crippen LogP contribution in [0.2, 0.25) is 0 Å². The van der Waals surface area contributed by atoms with Crippen molar-refractivity contribution in [3.63, 3.8) is 0 Å². The first-order valence-electron chi connectivity index (χ1n) is 12.1. The predicted molar refractivity (Wildman–Crippen MR) is 166 cm³/mol. The van der Waals surface area contributed by atoms with Gasteiger partial charge in [0.25, 0.3) is 11.4 Å². The Morgan fingerprint density at radius 2 is 0.816 bits per heavy atom. The summed E-state index contributed by atoms with van der Waals surface area (Å²) >= 11 is 0. The molecule has 8 N–H and O–H groups in total. The fourth-order valence-corrected chi connectivity index (χ4v) is 5.15. The first-order valence-corrected chi connectivity index (χ1v) is 14.9. The standard InChI is InChI=1S/C24H20N10O10S2.3Na/c25-13-7-15(27)21(33(35)36)9-19(13)31-29-17-3-1-11(5-23(17)45(39,40)41)12-2-4-18(24(6-12)46(42,43)44)30-32-20-10-22(34(37)38)16(28)8-14(20)26;;;/h1-10H,25-28H2,(H,39,40,41)(H,42,43,44);;;/q;;2*+1/p-2. The van der Waals surface area contributed by atoms with E-state index in [1.807, 2.05) is 0 Å². The summed E-state index contributed by atoms with van der Waals surface area (Å²) in [5, 5.41) is 37.1. The molecule has 49 heavy (non-hydrogen) atoms. The maximum Gasteiger partial charge on any atom is 1.00 e. The molecule has 0 bridgehead atoms. The number of nitrogens with two attached hydrogens (primary N) is 4. The molecule has 4 rings (SSSR count). The van der Waals surface area contributed by atoms with E-state index in [1.54, 1.807) is 0 Å². The van der Waals surface area contributed by atoms with Crippen LogP contribution in [0.15, 0.2) is 90.9 Å². The Balaban J connectivity index is 0.00000400. The number of anilines is 4.